The average Bonchev–Trinajstić information content (AvgIpc) is 1.82. The van der Waals surface area contributed by atoms with Crippen molar-refractivity contribution >= 4 is 5.97 Å². The summed E-state index contributed by atoms with van der Waals surface area (Å²) in [5.74, 6) is -2.54. The Morgan fingerprint density at radius 1 is 1.78 bits per heavy atom. The van der Waals surface area contributed by atoms with Crippen LogP contribution in [0.2, 0.25) is 0 Å². The lowest BCUT2D eigenvalue weighted by atomic mass is 10.3. The third kappa shape index (κ3) is 3.70. The standard InChI is InChI=1S/C6H9FO2/c1-2-3-4-5(7)6(8)9/h4H,2-3H2,1H3,(H,8,9)/b5-4+. The maximum absolute atomic E-state index is 12.0. The summed E-state index contributed by atoms with van der Waals surface area (Å²) in [5.41, 5.74) is 0. The Morgan fingerprint density at radius 3 is 2.67 bits per heavy atom. The van der Waals surface area contributed by atoms with E-state index in [1.54, 1.807) is 0 Å². The Balaban J connectivity index is 3.69. The molecule has 0 amide bonds. The minimum atomic E-state index is -1.48. The number of carboxylic acids is 1. The van der Waals surface area contributed by atoms with Crippen molar-refractivity contribution in [2.24, 2.45) is 0 Å². The molecule has 0 aromatic heterocycles. The molecule has 3 heteroatoms. The first-order valence-corrected chi connectivity index (χ1v) is 2.77. The summed E-state index contributed by atoms with van der Waals surface area (Å²) in [5, 5.41) is 7.97. The summed E-state index contributed by atoms with van der Waals surface area (Å²) in [7, 11) is 0. The van der Waals surface area contributed by atoms with Crippen LogP contribution >= 0.6 is 0 Å². The van der Waals surface area contributed by atoms with E-state index in [1.165, 1.54) is 0 Å². The quantitative estimate of drug-likeness (QED) is 0.593. The molecule has 0 unspecified atom stereocenters. The fourth-order valence-corrected chi connectivity index (χ4v) is 0.358. The van der Waals surface area contributed by atoms with Gasteiger partial charge in [-0.1, -0.05) is 13.3 Å². The summed E-state index contributed by atoms with van der Waals surface area (Å²) in [6.45, 7) is 1.85. The minimum Gasteiger partial charge on any atom is -0.476 e. The van der Waals surface area contributed by atoms with Crippen LogP contribution in [0.3, 0.4) is 0 Å². The van der Waals surface area contributed by atoms with E-state index >= 15 is 0 Å². The number of halogens is 1. The van der Waals surface area contributed by atoms with Gasteiger partial charge in [0.15, 0.2) is 0 Å². The molecule has 0 aromatic carbocycles. The summed E-state index contributed by atoms with van der Waals surface area (Å²) in [6, 6.07) is 0. The minimum absolute atomic E-state index is 0.484. The molecule has 0 saturated heterocycles. The molecule has 0 radical (unpaired) electrons. The lowest BCUT2D eigenvalue weighted by molar-refractivity contribution is -0.134. The lowest BCUT2D eigenvalue weighted by Crippen LogP contribution is -1.93. The van der Waals surface area contributed by atoms with Crippen molar-refractivity contribution in [2.45, 2.75) is 19.8 Å². The van der Waals surface area contributed by atoms with Gasteiger partial charge < -0.3 is 5.11 Å². The average molecular weight is 132 g/mol. The molecule has 0 fully saturated rings. The SMILES string of the molecule is CCC/C=C(/F)C(=O)O. The first kappa shape index (κ1) is 8.14. The summed E-state index contributed by atoms with van der Waals surface area (Å²) in [6.07, 6.45) is 2.32. The highest BCUT2D eigenvalue weighted by Crippen LogP contribution is 1.99. The Labute approximate surface area is 53.0 Å². The number of unbranched alkanes of at least 4 members (excludes halogenated alkanes) is 1. The van der Waals surface area contributed by atoms with Crippen LogP contribution in [0.15, 0.2) is 11.9 Å². The molecule has 0 spiro atoms. The highest BCUT2D eigenvalue weighted by atomic mass is 19.1. The molecule has 0 heterocycles. The zero-order valence-electron chi connectivity index (χ0n) is 5.22. The van der Waals surface area contributed by atoms with Gasteiger partial charge in [-0.3, -0.25) is 0 Å². The zero-order valence-corrected chi connectivity index (χ0v) is 5.22. The molecule has 0 aliphatic heterocycles. The Morgan fingerprint density at radius 2 is 2.33 bits per heavy atom. The van der Waals surface area contributed by atoms with Crippen molar-refractivity contribution in [2.75, 3.05) is 0 Å². The van der Waals surface area contributed by atoms with Crippen molar-refractivity contribution in [3.63, 3.8) is 0 Å². The molecule has 1 N–H and O–H groups in total. The Bertz CT molecular complexity index is 129. The second kappa shape index (κ2) is 4.06. The molecule has 0 aromatic rings. The summed E-state index contributed by atoms with van der Waals surface area (Å²) < 4.78 is 12.0. The van der Waals surface area contributed by atoms with Gasteiger partial charge in [0.05, 0.1) is 0 Å². The fraction of sp³-hybridized carbons (Fsp3) is 0.500. The van der Waals surface area contributed by atoms with Gasteiger partial charge in [-0.15, -0.1) is 0 Å². The predicted molar refractivity (Wildman–Crippen MR) is 31.7 cm³/mol. The van der Waals surface area contributed by atoms with Gasteiger partial charge in [0.2, 0.25) is 5.83 Å². The van der Waals surface area contributed by atoms with E-state index in [0.29, 0.717) is 6.42 Å². The van der Waals surface area contributed by atoms with Gasteiger partial charge >= 0.3 is 5.97 Å². The van der Waals surface area contributed by atoms with Crippen LogP contribution in [0.4, 0.5) is 4.39 Å². The number of allylic oxidation sites excluding steroid dienone is 1. The number of hydrogen-bond acceptors (Lipinski definition) is 1. The smallest absolute Gasteiger partial charge is 0.364 e. The van der Waals surface area contributed by atoms with Crippen LogP contribution < -0.4 is 0 Å². The molecule has 0 atom stereocenters. The largest absolute Gasteiger partial charge is 0.476 e. The van der Waals surface area contributed by atoms with E-state index < -0.39 is 11.8 Å². The number of hydrogen-bond donors (Lipinski definition) is 1. The molecule has 0 aliphatic rings. The van der Waals surface area contributed by atoms with Gasteiger partial charge in [0.1, 0.15) is 0 Å². The van der Waals surface area contributed by atoms with Crippen LogP contribution in [0, 0.1) is 0 Å². The number of carbonyl (C=O) groups is 1. The highest BCUT2D eigenvalue weighted by molar-refractivity contribution is 5.83. The fourth-order valence-electron chi connectivity index (χ4n) is 0.358. The number of carboxylic acid groups (broad SMARTS) is 1. The first-order chi connectivity index (χ1) is 4.18. The summed E-state index contributed by atoms with van der Waals surface area (Å²) in [4.78, 5) is 9.76. The van der Waals surface area contributed by atoms with Crippen molar-refractivity contribution < 1.29 is 14.3 Å². The van der Waals surface area contributed by atoms with Crippen LogP contribution in [-0.4, -0.2) is 11.1 Å². The molecule has 52 valence electrons. The van der Waals surface area contributed by atoms with E-state index in [-0.39, 0.29) is 0 Å². The molecule has 0 rings (SSSR count). The van der Waals surface area contributed by atoms with E-state index in [4.69, 9.17) is 5.11 Å². The normalized spacial score (nSPS) is 11.6. The molecule has 9 heavy (non-hydrogen) atoms. The maximum Gasteiger partial charge on any atom is 0.364 e. The van der Waals surface area contributed by atoms with E-state index in [2.05, 4.69) is 0 Å². The molecule has 0 bridgehead atoms. The lowest BCUT2D eigenvalue weighted by Gasteiger charge is -1.85. The molecule has 2 nitrogen and oxygen atoms in total. The number of aliphatic carboxylic acids is 1. The van der Waals surface area contributed by atoms with E-state index in [0.717, 1.165) is 12.5 Å². The number of rotatable bonds is 3. The highest BCUT2D eigenvalue weighted by Gasteiger charge is 2.01. The van der Waals surface area contributed by atoms with Gasteiger partial charge in [0.25, 0.3) is 0 Å². The van der Waals surface area contributed by atoms with Crippen molar-refractivity contribution in [1.29, 1.82) is 0 Å². The predicted octanol–water partition coefficient (Wildman–Crippen LogP) is 1.72. The van der Waals surface area contributed by atoms with Crippen LogP contribution in [-0.2, 0) is 4.79 Å². The first-order valence-electron chi connectivity index (χ1n) is 2.77. The molecule has 0 aliphatic carbocycles. The van der Waals surface area contributed by atoms with Crippen molar-refractivity contribution in [3.8, 4) is 0 Å². The Hall–Kier alpha value is -0.860. The monoisotopic (exact) mass is 132 g/mol. The van der Waals surface area contributed by atoms with E-state index in [1.807, 2.05) is 6.92 Å². The van der Waals surface area contributed by atoms with E-state index in [9.17, 15) is 9.18 Å². The van der Waals surface area contributed by atoms with Crippen LogP contribution in [0.5, 0.6) is 0 Å². The van der Waals surface area contributed by atoms with Gasteiger partial charge in [-0.2, -0.15) is 4.39 Å². The van der Waals surface area contributed by atoms with Gasteiger partial charge in [0, 0.05) is 0 Å². The Kier molecular flexibility index (Phi) is 3.67. The topological polar surface area (TPSA) is 37.3 Å². The third-order valence-corrected chi connectivity index (χ3v) is 0.817. The third-order valence-electron chi connectivity index (χ3n) is 0.817. The molecular formula is C6H9FO2. The second-order valence-electron chi connectivity index (χ2n) is 1.65. The molecular weight excluding hydrogens is 123 g/mol. The zero-order chi connectivity index (χ0) is 7.28. The van der Waals surface area contributed by atoms with Gasteiger partial charge in [-0.25, -0.2) is 4.79 Å². The van der Waals surface area contributed by atoms with Crippen LogP contribution in [0.1, 0.15) is 19.8 Å². The van der Waals surface area contributed by atoms with Crippen molar-refractivity contribution in [1.82, 2.24) is 0 Å². The van der Waals surface area contributed by atoms with Gasteiger partial charge in [-0.05, 0) is 12.5 Å². The molecule has 0 saturated carbocycles. The van der Waals surface area contributed by atoms with Crippen LogP contribution in [0.25, 0.3) is 0 Å². The second-order valence-corrected chi connectivity index (χ2v) is 1.65. The maximum atomic E-state index is 12.0. The summed E-state index contributed by atoms with van der Waals surface area (Å²) >= 11 is 0. The van der Waals surface area contributed by atoms with Crippen molar-refractivity contribution in [3.05, 3.63) is 11.9 Å².